The number of anilines is 2. The van der Waals surface area contributed by atoms with Crippen molar-refractivity contribution in [1.29, 1.82) is 0 Å². The van der Waals surface area contributed by atoms with Crippen LogP contribution in [0.3, 0.4) is 0 Å². The maximum Gasteiger partial charge on any atom is 0.256 e. The summed E-state index contributed by atoms with van der Waals surface area (Å²) in [5, 5.41) is 5.44. The Hall–Kier alpha value is -2.37. The first-order valence-electron chi connectivity index (χ1n) is 6.60. The summed E-state index contributed by atoms with van der Waals surface area (Å²) < 4.78 is 0. The van der Waals surface area contributed by atoms with Crippen molar-refractivity contribution in [3.8, 4) is 0 Å². The Bertz CT molecular complexity index is 612. The molecular formula is C14H15N3O3. The largest absolute Gasteiger partial charge is 0.327 e. The molecule has 0 aromatic heterocycles. The predicted molar refractivity (Wildman–Crippen MR) is 73.4 cm³/mol. The van der Waals surface area contributed by atoms with Gasteiger partial charge in [0.2, 0.25) is 11.8 Å². The Balaban J connectivity index is 2.02. The molecule has 1 aromatic rings. The Morgan fingerprint density at radius 2 is 2.20 bits per heavy atom. The summed E-state index contributed by atoms with van der Waals surface area (Å²) in [4.78, 5) is 37.3. The van der Waals surface area contributed by atoms with E-state index < -0.39 is 0 Å². The second kappa shape index (κ2) is 4.63. The second-order valence-electron chi connectivity index (χ2n) is 5.09. The molecule has 1 fully saturated rings. The average molecular weight is 273 g/mol. The summed E-state index contributed by atoms with van der Waals surface area (Å²) in [5.41, 5.74) is 1.48. The molecule has 2 heterocycles. The van der Waals surface area contributed by atoms with Gasteiger partial charge < -0.3 is 15.5 Å². The molecule has 1 unspecified atom stereocenters. The van der Waals surface area contributed by atoms with Gasteiger partial charge in [0, 0.05) is 19.2 Å². The van der Waals surface area contributed by atoms with E-state index in [2.05, 4.69) is 10.6 Å². The van der Waals surface area contributed by atoms with Crippen LogP contribution in [0.25, 0.3) is 0 Å². The fourth-order valence-corrected chi connectivity index (χ4v) is 2.76. The number of nitrogens with zero attached hydrogens (tertiary/aromatic N) is 1. The van der Waals surface area contributed by atoms with Crippen LogP contribution in [-0.4, -0.2) is 35.2 Å². The Labute approximate surface area is 116 Å². The Kier molecular flexibility index (Phi) is 2.93. The quantitative estimate of drug-likeness (QED) is 0.807. The van der Waals surface area contributed by atoms with Crippen molar-refractivity contribution in [3.05, 3.63) is 23.8 Å². The van der Waals surface area contributed by atoms with Crippen LogP contribution in [0.5, 0.6) is 0 Å². The standard InChI is InChI=1S/C14H15N3O3/c1-8(18)15-9-4-5-11-10(7-9)14(20)17-6-2-3-12(17)13(19)16-11/h4-5,7,12H,2-3,6H2,1H3,(H,15,18)(H,16,19). The van der Waals surface area contributed by atoms with Gasteiger partial charge in [0.25, 0.3) is 5.91 Å². The third-order valence-electron chi connectivity index (χ3n) is 3.64. The molecule has 6 nitrogen and oxygen atoms in total. The van der Waals surface area contributed by atoms with Crippen LogP contribution < -0.4 is 10.6 Å². The minimum atomic E-state index is -0.376. The number of hydrogen-bond donors (Lipinski definition) is 2. The smallest absolute Gasteiger partial charge is 0.256 e. The maximum absolute atomic E-state index is 12.5. The molecule has 1 aromatic carbocycles. The van der Waals surface area contributed by atoms with Crippen molar-refractivity contribution in [2.75, 3.05) is 17.2 Å². The molecule has 0 saturated carbocycles. The van der Waals surface area contributed by atoms with Gasteiger partial charge in [-0.15, -0.1) is 0 Å². The van der Waals surface area contributed by atoms with Gasteiger partial charge in [0.1, 0.15) is 6.04 Å². The highest BCUT2D eigenvalue weighted by molar-refractivity contribution is 6.11. The van der Waals surface area contributed by atoms with Crippen molar-refractivity contribution in [2.24, 2.45) is 0 Å². The topological polar surface area (TPSA) is 78.5 Å². The lowest BCUT2D eigenvalue weighted by molar-refractivity contribution is -0.119. The number of rotatable bonds is 1. The monoisotopic (exact) mass is 273 g/mol. The second-order valence-corrected chi connectivity index (χ2v) is 5.09. The summed E-state index contributed by atoms with van der Waals surface area (Å²) >= 11 is 0. The molecule has 0 spiro atoms. The van der Waals surface area contributed by atoms with Crippen LogP contribution in [0.15, 0.2) is 18.2 Å². The number of hydrogen-bond acceptors (Lipinski definition) is 3. The van der Waals surface area contributed by atoms with Crippen molar-refractivity contribution in [1.82, 2.24) is 4.90 Å². The highest BCUT2D eigenvalue weighted by atomic mass is 16.2. The Morgan fingerprint density at radius 1 is 1.40 bits per heavy atom. The Morgan fingerprint density at radius 3 is 2.95 bits per heavy atom. The van der Waals surface area contributed by atoms with E-state index in [1.807, 2.05) is 0 Å². The summed E-state index contributed by atoms with van der Waals surface area (Å²) in [6, 6.07) is 4.56. The van der Waals surface area contributed by atoms with Crippen molar-refractivity contribution in [2.45, 2.75) is 25.8 Å². The minimum Gasteiger partial charge on any atom is -0.327 e. The van der Waals surface area contributed by atoms with E-state index in [9.17, 15) is 14.4 Å². The van der Waals surface area contributed by atoms with E-state index >= 15 is 0 Å². The number of carbonyl (C=O) groups is 3. The first-order chi connectivity index (χ1) is 9.56. The summed E-state index contributed by atoms with van der Waals surface area (Å²) in [5.74, 6) is -0.496. The zero-order valence-corrected chi connectivity index (χ0v) is 11.1. The first kappa shape index (κ1) is 12.7. The predicted octanol–water partition coefficient (Wildman–Crippen LogP) is 1.20. The van der Waals surface area contributed by atoms with Gasteiger partial charge in [-0.2, -0.15) is 0 Å². The lowest BCUT2D eigenvalue weighted by Crippen LogP contribution is -2.40. The molecule has 0 aliphatic carbocycles. The van der Waals surface area contributed by atoms with E-state index in [4.69, 9.17) is 0 Å². The molecule has 20 heavy (non-hydrogen) atoms. The van der Waals surface area contributed by atoms with Crippen molar-refractivity contribution < 1.29 is 14.4 Å². The van der Waals surface area contributed by atoms with Gasteiger partial charge in [-0.25, -0.2) is 0 Å². The van der Waals surface area contributed by atoms with E-state index in [0.29, 0.717) is 29.9 Å². The number of fused-ring (bicyclic) bond motifs is 2. The molecule has 3 rings (SSSR count). The number of amides is 3. The molecule has 1 saturated heterocycles. The van der Waals surface area contributed by atoms with Gasteiger partial charge >= 0.3 is 0 Å². The maximum atomic E-state index is 12.5. The molecule has 104 valence electrons. The van der Waals surface area contributed by atoms with Crippen molar-refractivity contribution in [3.63, 3.8) is 0 Å². The van der Waals surface area contributed by atoms with Crippen LogP contribution in [0, 0.1) is 0 Å². The lowest BCUT2D eigenvalue weighted by Gasteiger charge is -2.20. The molecule has 6 heteroatoms. The highest BCUT2D eigenvalue weighted by Gasteiger charge is 2.38. The van der Waals surface area contributed by atoms with E-state index in [-0.39, 0.29) is 23.8 Å². The third kappa shape index (κ3) is 2.03. The van der Waals surface area contributed by atoms with E-state index in [0.717, 1.165) is 6.42 Å². The van der Waals surface area contributed by atoms with Crippen molar-refractivity contribution >= 4 is 29.1 Å². The van der Waals surface area contributed by atoms with Crippen LogP contribution in [-0.2, 0) is 9.59 Å². The van der Waals surface area contributed by atoms with Crippen LogP contribution in [0.2, 0.25) is 0 Å². The minimum absolute atomic E-state index is 0.137. The van der Waals surface area contributed by atoms with Gasteiger partial charge in [-0.3, -0.25) is 14.4 Å². The molecule has 2 aliphatic rings. The normalized spacial score (nSPS) is 20.9. The SMILES string of the molecule is CC(=O)Nc1ccc2c(c1)C(=O)N1CCCC1C(=O)N2. The van der Waals surface area contributed by atoms with Gasteiger partial charge in [0.15, 0.2) is 0 Å². The number of benzene rings is 1. The summed E-state index contributed by atoms with van der Waals surface area (Å²) in [7, 11) is 0. The zero-order valence-electron chi connectivity index (χ0n) is 11.1. The van der Waals surface area contributed by atoms with Gasteiger partial charge in [-0.05, 0) is 31.0 Å². The van der Waals surface area contributed by atoms with Crippen LogP contribution in [0.4, 0.5) is 11.4 Å². The fraction of sp³-hybridized carbons (Fsp3) is 0.357. The number of carbonyl (C=O) groups excluding carboxylic acids is 3. The molecule has 0 radical (unpaired) electrons. The molecule has 2 N–H and O–H groups in total. The fourth-order valence-electron chi connectivity index (χ4n) is 2.76. The van der Waals surface area contributed by atoms with Crippen LogP contribution >= 0.6 is 0 Å². The summed E-state index contributed by atoms with van der Waals surface area (Å²) in [6.45, 7) is 2.01. The summed E-state index contributed by atoms with van der Waals surface area (Å²) in [6.07, 6.45) is 1.54. The number of nitrogens with one attached hydrogen (secondary N) is 2. The van der Waals surface area contributed by atoms with E-state index in [1.54, 1.807) is 23.1 Å². The first-order valence-corrected chi connectivity index (χ1v) is 6.60. The third-order valence-corrected chi connectivity index (χ3v) is 3.64. The lowest BCUT2D eigenvalue weighted by atomic mass is 10.1. The molecular weight excluding hydrogens is 258 g/mol. The highest BCUT2D eigenvalue weighted by Crippen LogP contribution is 2.30. The average Bonchev–Trinajstić information content (AvgIpc) is 2.85. The molecule has 1 atom stereocenters. The zero-order chi connectivity index (χ0) is 14.3. The molecule has 0 bridgehead atoms. The van der Waals surface area contributed by atoms with Gasteiger partial charge in [0.05, 0.1) is 11.3 Å². The molecule has 3 amide bonds. The van der Waals surface area contributed by atoms with Crippen LogP contribution in [0.1, 0.15) is 30.1 Å². The van der Waals surface area contributed by atoms with Gasteiger partial charge in [-0.1, -0.05) is 0 Å². The van der Waals surface area contributed by atoms with E-state index in [1.165, 1.54) is 6.92 Å². The molecule has 2 aliphatic heterocycles.